The van der Waals surface area contributed by atoms with Gasteiger partial charge in [0.1, 0.15) is 11.6 Å². The molecule has 4 N–H and O–H groups in total. The van der Waals surface area contributed by atoms with E-state index in [9.17, 15) is 4.39 Å². The summed E-state index contributed by atoms with van der Waals surface area (Å²) < 4.78 is 16.3. The fraction of sp³-hybridized carbons (Fsp3) is 0.222. The second-order valence-electron chi connectivity index (χ2n) is 8.36. The Bertz CT molecular complexity index is 1310. The highest BCUT2D eigenvalue weighted by atomic mass is 19.1. The van der Waals surface area contributed by atoms with Crippen molar-refractivity contribution in [2.45, 2.75) is 18.9 Å². The molecule has 0 bridgehead atoms. The number of nitrogen functional groups attached to an aromatic ring is 1. The van der Waals surface area contributed by atoms with Crippen molar-refractivity contribution < 1.29 is 4.39 Å². The van der Waals surface area contributed by atoms with E-state index in [1.165, 1.54) is 6.07 Å². The molecule has 1 unspecified atom stereocenters. The molecule has 1 atom stereocenters. The molecule has 0 amide bonds. The molecule has 178 valence electrons. The van der Waals surface area contributed by atoms with Crippen LogP contribution in [0.15, 0.2) is 73.2 Å². The number of halogens is 1. The number of aromatic nitrogens is 3. The van der Waals surface area contributed by atoms with E-state index in [-0.39, 0.29) is 11.9 Å². The van der Waals surface area contributed by atoms with Crippen LogP contribution in [-0.2, 0) is 13.5 Å². The van der Waals surface area contributed by atoms with Crippen LogP contribution < -0.4 is 16.4 Å². The van der Waals surface area contributed by atoms with Crippen molar-refractivity contribution in [2.24, 2.45) is 7.05 Å². The van der Waals surface area contributed by atoms with Crippen molar-refractivity contribution in [1.29, 1.82) is 5.26 Å². The molecule has 2 heterocycles. The first-order valence-corrected chi connectivity index (χ1v) is 11.5. The average molecular weight is 470 g/mol. The van der Waals surface area contributed by atoms with Gasteiger partial charge in [0.15, 0.2) is 0 Å². The van der Waals surface area contributed by atoms with Gasteiger partial charge in [0.25, 0.3) is 0 Å². The fourth-order valence-corrected chi connectivity index (χ4v) is 3.96. The van der Waals surface area contributed by atoms with Crippen LogP contribution in [0.25, 0.3) is 11.1 Å². The topological polar surface area (TPSA) is 105 Å². The van der Waals surface area contributed by atoms with Crippen molar-refractivity contribution in [3.05, 3.63) is 95.7 Å². The van der Waals surface area contributed by atoms with Gasteiger partial charge in [-0.15, -0.1) is 0 Å². The number of anilines is 2. The van der Waals surface area contributed by atoms with Crippen LogP contribution in [0.3, 0.4) is 0 Å². The zero-order chi connectivity index (χ0) is 24.6. The lowest BCUT2D eigenvalue weighted by molar-refractivity contribution is 0.485. The van der Waals surface area contributed by atoms with Gasteiger partial charge < -0.3 is 16.4 Å². The molecule has 0 saturated carbocycles. The maximum absolute atomic E-state index is 14.6. The SMILES string of the molecule is Cn1cc(-c2cnc(N)c(NCCC(NCCc3ccc(C#N)cc3)c3ccccc3F)c2)cn1. The van der Waals surface area contributed by atoms with Crippen LogP contribution in [-0.4, -0.2) is 27.9 Å². The van der Waals surface area contributed by atoms with Crippen LogP contribution in [0.4, 0.5) is 15.9 Å². The predicted molar refractivity (Wildman–Crippen MR) is 136 cm³/mol. The minimum atomic E-state index is -0.233. The van der Waals surface area contributed by atoms with Crippen LogP contribution >= 0.6 is 0 Å². The Morgan fingerprint density at radius 1 is 1.09 bits per heavy atom. The van der Waals surface area contributed by atoms with E-state index in [0.29, 0.717) is 36.5 Å². The molecular formula is C27H28FN7. The molecular weight excluding hydrogens is 441 g/mol. The van der Waals surface area contributed by atoms with Gasteiger partial charge in [-0.1, -0.05) is 30.3 Å². The molecule has 4 rings (SSSR count). The number of nitrogens with zero attached hydrogens (tertiary/aromatic N) is 4. The molecule has 0 radical (unpaired) electrons. The molecule has 0 spiro atoms. The summed E-state index contributed by atoms with van der Waals surface area (Å²) in [6.07, 6.45) is 6.84. The molecule has 0 fully saturated rings. The van der Waals surface area contributed by atoms with Crippen LogP contribution in [0, 0.1) is 17.1 Å². The third kappa shape index (κ3) is 6.22. The maximum Gasteiger partial charge on any atom is 0.146 e. The van der Waals surface area contributed by atoms with E-state index in [4.69, 9.17) is 11.0 Å². The number of hydrogen-bond donors (Lipinski definition) is 3. The first-order chi connectivity index (χ1) is 17.0. The fourth-order valence-electron chi connectivity index (χ4n) is 3.96. The van der Waals surface area contributed by atoms with E-state index in [2.05, 4.69) is 26.8 Å². The van der Waals surface area contributed by atoms with Gasteiger partial charge in [0.2, 0.25) is 0 Å². The maximum atomic E-state index is 14.6. The standard InChI is InChI=1S/C27H28FN7/c1-35-18-22(17-34-35)21-14-26(27(30)33-16-21)32-13-11-25(23-4-2-3-5-24(23)28)31-12-10-19-6-8-20(15-29)9-7-19/h2-9,14,16-18,25,31-32H,10-13H2,1H3,(H2,30,33). The molecule has 4 aromatic rings. The Kier molecular flexibility index (Phi) is 7.70. The van der Waals surface area contributed by atoms with E-state index in [0.717, 1.165) is 28.8 Å². The molecule has 0 aliphatic carbocycles. The lowest BCUT2D eigenvalue weighted by atomic mass is 10.0. The van der Waals surface area contributed by atoms with Crippen LogP contribution in [0.1, 0.15) is 29.2 Å². The quantitative estimate of drug-likeness (QED) is 0.317. The minimum absolute atomic E-state index is 0.183. The zero-order valence-electron chi connectivity index (χ0n) is 19.6. The average Bonchev–Trinajstić information content (AvgIpc) is 3.31. The third-order valence-electron chi connectivity index (χ3n) is 5.87. The number of pyridine rings is 1. The molecule has 0 saturated heterocycles. The molecule has 8 heteroatoms. The number of nitrogens with two attached hydrogens (primary N) is 1. The summed E-state index contributed by atoms with van der Waals surface area (Å²) in [7, 11) is 1.87. The van der Waals surface area contributed by atoms with Gasteiger partial charge in [-0.05, 0) is 49.2 Å². The van der Waals surface area contributed by atoms with Gasteiger partial charge in [-0.3, -0.25) is 4.68 Å². The summed E-state index contributed by atoms with van der Waals surface area (Å²) >= 11 is 0. The second-order valence-corrected chi connectivity index (χ2v) is 8.36. The molecule has 2 aromatic carbocycles. The normalized spacial score (nSPS) is 11.7. The Balaban J connectivity index is 1.41. The molecule has 7 nitrogen and oxygen atoms in total. The number of nitrogens with one attached hydrogen (secondary N) is 2. The second kappa shape index (κ2) is 11.3. The minimum Gasteiger partial charge on any atom is -0.382 e. The van der Waals surface area contributed by atoms with E-state index in [1.807, 2.05) is 55.7 Å². The molecule has 2 aromatic heterocycles. The predicted octanol–water partition coefficient (Wildman–Crippen LogP) is 4.45. The molecule has 35 heavy (non-hydrogen) atoms. The summed E-state index contributed by atoms with van der Waals surface area (Å²) in [4.78, 5) is 4.31. The van der Waals surface area contributed by atoms with Crippen molar-refractivity contribution in [1.82, 2.24) is 20.1 Å². The van der Waals surface area contributed by atoms with Gasteiger partial charge in [0.05, 0.1) is 23.5 Å². The van der Waals surface area contributed by atoms with Gasteiger partial charge >= 0.3 is 0 Å². The van der Waals surface area contributed by atoms with Crippen molar-refractivity contribution in [2.75, 3.05) is 24.1 Å². The highest BCUT2D eigenvalue weighted by Crippen LogP contribution is 2.26. The Labute approximate surface area is 204 Å². The summed E-state index contributed by atoms with van der Waals surface area (Å²) in [5, 5.41) is 20.0. The lowest BCUT2D eigenvalue weighted by Gasteiger charge is -2.21. The van der Waals surface area contributed by atoms with Gasteiger partial charge in [-0.25, -0.2) is 9.37 Å². The van der Waals surface area contributed by atoms with E-state index >= 15 is 0 Å². The summed E-state index contributed by atoms with van der Waals surface area (Å²) in [6, 6.07) is 18.3. The van der Waals surface area contributed by atoms with Crippen molar-refractivity contribution in [3.63, 3.8) is 0 Å². The van der Waals surface area contributed by atoms with E-state index < -0.39 is 0 Å². The lowest BCUT2D eigenvalue weighted by Crippen LogP contribution is -2.26. The smallest absolute Gasteiger partial charge is 0.146 e. The monoisotopic (exact) mass is 469 g/mol. The number of aryl methyl sites for hydroxylation is 1. The van der Waals surface area contributed by atoms with Crippen LogP contribution in [0.2, 0.25) is 0 Å². The number of hydrogen-bond acceptors (Lipinski definition) is 6. The summed E-state index contributed by atoms with van der Waals surface area (Å²) in [6.45, 7) is 1.25. The third-order valence-corrected chi connectivity index (χ3v) is 5.87. The molecule has 0 aliphatic rings. The summed E-state index contributed by atoms with van der Waals surface area (Å²) in [5.74, 6) is 0.178. The Morgan fingerprint density at radius 2 is 1.89 bits per heavy atom. The Morgan fingerprint density at radius 3 is 2.60 bits per heavy atom. The number of rotatable bonds is 10. The zero-order valence-corrected chi connectivity index (χ0v) is 19.6. The Hall–Kier alpha value is -4.22. The number of benzene rings is 2. The summed E-state index contributed by atoms with van der Waals surface area (Å²) in [5.41, 5.74) is 11.1. The van der Waals surface area contributed by atoms with Gasteiger partial charge in [0, 0.05) is 48.7 Å². The number of nitriles is 1. The highest BCUT2D eigenvalue weighted by molar-refractivity contribution is 5.72. The largest absolute Gasteiger partial charge is 0.382 e. The van der Waals surface area contributed by atoms with Crippen molar-refractivity contribution in [3.8, 4) is 17.2 Å². The van der Waals surface area contributed by atoms with Gasteiger partial charge in [-0.2, -0.15) is 10.4 Å². The highest BCUT2D eigenvalue weighted by Gasteiger charge is 2.15. The molecule has 0 aliphatic heterocycles. The first kappa shape index (κ1) is 23.9. The van der Waals surface area contributed by atoms with E-state index in [1.54, 1.807) is 23.1 Å². The van der Waals surface area contributed by atoms with Crippen molar-refractivity contribution >= 4 is 11.5 Å². The van der Waals surface area contributed by atoms with Crippen LogP contribution in [0.5, 0.6) is 0 Å². The first-order valence-electron chi connectivity index (χ1n) is 11.5.